The van der Waals surface area contributed by atoms with Crippen molar-refractivity contribution in [1.82, 2.24) is 4.72 Å². The molecule has 0 heterocycles. The predicted molar refractivity (Wildman–Crippen MR) is 76.7 cm³/mol. The summed E-state index contributed by atoms with van der Waals surface area (Å²) in [5.41, 5.74) is 0.421. The van der Waals surface area contributed by atoms with Gasteiger partial charge >= 0.3 is 0 Å². The third-order valence-corrected chi connectivity index (χ3v) is 3.90. The summed E-state index contributed by atoms with van der Waals surface area (Å²) in [5, 5.41) is 8.69. The minimum absolute atomic E-state index is 0.0471. The SMILES string of the molecule is CCOCCNS(=O)(=O)c1ccccc1C#CCCO. The van der Waals surface area contributed by atoms with E-state index in [1.807, 2.05) is 6.92 Å². The topological polar surface area (TPSA) is 75.6 Å². The first-order valence-electron chi connectivity index (χ1n) is 6.38. The fraction of sp³-hybridized carbons (Fsp3) is 0.429. The lowest BCUT2D eigenvalue weighted by atomic mass is 10.2. The molecule has 0 unspecified atom stereocenters. The molecule has 0 atom stereocenters. The van der Waals surface area contributed by atoms with E-state index in [0.29, 0.717) is 25.2 Å². The van der Waals surface area contributed by atoms with Crippen LogP contribution in [0.25, 0.3) is 0 Å². The maximum atomic E-state index is 12.2. The third-order valence-electron chi connectivity index (χ3n) is 2.38. The molecule has 2 N–H and O–H groups in total. The van der Waals surface area contributed by atoms with Crippen LogP contribution in [-0.4, -0.2) is 39.9 Å². The van der Waals surface area contributed by atoms with Crippen molar-refractivity contribution >= 4 is 10.0 Å². The van der Waals surface area contributed by atoms with E-state index < -0.39 is 10.0 Å². The molecule has 0 bridgehead atoms. The minimum Gasteiger partial charge on any atom is -0.395 e. The largest absolute Gasteiger partial charge is 0.395 e. The zero-order valence-corrected chi connectivity index (χ0v) is 12.2. The smallest absolute Gasteiger partial charge is 0.241 e. The summed E-state index contributed by atoms with van der Waals surface area (Å²) in [7, 11) is -3.60. The number of sulfonamides is 1. The molecule has 0 fully saturated rings. The molecular weight excluding hydrogens is 278 g/mol. The van der Waals surface area contributed by atoms with E-state index in [-0.39, 0.29) is 18.0 Å². The van der Waals surface area contributed by atoms with Crippen molar-refractivity contribution in [2.45, 2.75) is 18.2 Å². The van der Waals surface area contributed by atoms with Crippen LogP contribution in [0, 0.1) is 11.8 Å². The summed E-state index contributed by atoms with van der Waals surface area (Å²) in [5.74, 6) is 5.48. The van der Waals surface area contributed by atoms with Crippen molar-refractivity contribution in [3.63, 3.8) is 0 Å². The van der Waals surface area contributed by atoms with E-state index in [0.717, 1.165) is 0 Å². The van der Waals surface area contributed by atoms with Gasteiger partial charge in [-0.05, 0) is 19.1 Å². The van der Waals surface area contributed by atoms with Crippen LogP contribution >= 0.6 is 0 Å². The maximum absolute atomic E-state index is 12.2. The highest BCUT2D eigenvalue weighted by atomic mass is 32.2. The van der Waals surface area contributed by atoms with Crippen molar-refractivity contribution in [1.29, 1.82) is 0 Å². The lowest BCUT2D eigenvalue weighted by Crippen LogP contribution is -2.28. The molecule has 0 aromatic heterocycles. The Bertz CT molecular complexity index is 572. The molecule has 0 aliphatic heterocycles. The highest BCUT2D eigenvalue weighted by Gasteiger charge is 2.16. The second kappa shape index (κ2) is 8.72. The van der Waals surface area contributed by atoms with E-state index in [1.165, 1.54) is 6.07 Å². The summed E-state index contributed by atoms with van der Waals surface area (Å²) in [6.07, 6.45) is 0.312. The van der Waals surface area contributed by atoms with Gasteiger partial charge in [0.2, 0.25) is 10.0 Å². The van der Waals surface area contributed by atoms with Crippen LogP contribution in [0.15, 0.2) is 29.2 Å². The van der Waals surface area contributed by atoms with Gasteiger partial charge in [0, 0.05) is 25.1 Å². The molecule has 20 heavy (non-hydrogen) atoms. The molecule has 0 saturated heterocycles. The number of nitrogens with one attached hydrogen (secondary N) is 1. The van der Waals surface area contributed by atoms with Crippen LogP contribution < -0.4 is 4.72 Å². The van der Waals surface area contributed by atoms with Gasteiger partial charge in [-0.15, -0.1) is 0 Å². The van der Waals surface area contributed by atoms with E-state index in [4.69, 9.17) is 9.84 Å². The number of rotatable bonds is 7. The van der Waals surface area contributed by atoms with Gasteiger partial charge in [0.15, 0.2) is 0 Å². The van der Waals surface area contributed by atoms with Crippen molar-refractivity contribution < 1.29 is 18.3 Å². The lowest BCUT2D eigenvalue weighted by molar-refractivity contribution is 0.153. The lowest BCUT2D eigenvalue weighted by Gasteiger charge is -2.08. The molecule has 0 aliphatic rings. The second-order valence-corrected chi connectivity index (χ2v) is 5.60. The Balaban J connectivity index is 2.87. The fourth-order valence-electron chi connectivity index (χ4n) is 1.49. The first-order chi connectivity index (χ1) is 9.61. The van der Waals surface area contributed by atoms with Gasteiger partial charge in [-0.3, -0.25) is 0 Å². The minimum atomic E-state index is -3.60. The summed E-state index contributed by atoms with van der Waals surface area (Å²) in [4.78, 5) is 0.141. The van der Waals surface area contributed by atoms with Gasteiger partial charge in [0.25, 0.3) is 0 Å². The standard InChI is InChI=1S/C14H19NO4S/c1-2-19-12-10-15-20(17,18)14-9-4-3-7-13(14)8-5-6-11-16/h3-4,7,9,15-16H,2,6,10-12H2,1H3. The van der Waals surface area contributed by atoms with E-state index in [2.05, 4.69) is 16.6 Å². The number of hydrogen-bond donors (Lipinski definition) is 2. The quantitative estimate of drug-likeness (QED) is 0.575. The molecule has 0 amide bonds. The molecule has 6 heteroatoms. The average molecular weight is 297 g/mol. The monoisotopic (exact) mass is 297 g/mol. The third kappa shape index (κ3) is 5.31. The Labute approximate surface area is 120 Å². The number of hydrogen-bond acceptors (Lipinski definition) is 4. The second-order valence-electron chi connectivity index (χ2n) is 3.87. The number of aliphatic hydroxyl groups is 1. The Morgan fingerprint density at radius 1 is 1.35 bits per heavy atom. The Kier molecular flexibility index (Phi) is 7.26. The first kappa shape index (κ1) is 16.7. The highest BCUT2D eigenvalue weighted by Crippen LogP contribution is 2.13. The summed E-state index contributed by atoms with van der Waals surface area (Å²) in [6.45, 7) is 2.89. The highest BCUT2D eigenvalue weighted by molar-refractivity contribution is 7.89. The zero-order valence-electron chi connectivity index (χ0n) is 11.4. The number of ether oxygens (including phenoxy) is 1. The fourth-order valence-corrected chi connectivity index (χ4v) is 2.66. The van der Waals surface area contributed by atoms with Crippen LogP contribution in [0.4, 0.5) is 0 Å². The Morgan fingerprint density at radius 3 is 2.80 bits per heavy atom. The first-order valence-corrected chi connectivity index (χ1v) is 7.86. The predicted octanol–water partition coefficient (Wildman–Crippen LogP) is 0.735. The molecule has 1 rings (SSSR count). The number of benzene rings is 1. The normalized spacial score (nSPS) is 10.9. The van der Waals surface area contributed by atoms with Gasteiger partial charge in [-0.1, -0.05) is 24.0 Å². The van der Waals surface area contributed by atoms with Crippen LogP contribution in [0.1, 0.15) is 18.9 Å². The van der Waals surface area contributed by atoms with Crippen molar-refractivity contribution in [2.24, 2.45) is 0 Å². The zero-order chi connectivity index (χ0) is 14.8. The molecule has 0 saturated carbocycles. The molecular formula is C14H19NO4S. The molecule has 0 spiro atoms. The van der Waals surface area contributed by atoms with Crippen LogP contribution in [0.2, 0.25) is 0 Å². The molecule has 1 aromatic rings. The molecule has 110 valence electrons. The van der Waals surface area contributed by atoms with Gasteiger partial charge in [0.05, 0.1) is 18.1 Å². The van der Waals surface area contributed by atoms with Crippen LogP contribution in [-0.2, 0) is 14.8 Å². The van der Waals surface area contributed by atoms with Gasteiger partial charge in [-0.25, -0.2) is 13.1 Å². The van der Waals surface area contributed by atoms with E-state index in [1.54, 1.807) is 18.2 Å². The molecule has 1 aromatic carbocycles. The van der Waals surface area contributed by atoms with Crippen molar-refractivity contribution in [2.75, 3.05) is 26.4 Å². The van der Waals surface area contributed by atoms with Crippen molar-refractivity contribution in [3.8, 4) is 11.8 Å². The Hall–Kier alpha value is -1.39. The molecule has 5 nitrogen and oxygen atoms in total. The number of aliphatic hydroxyl groups excluding tert-OH is 1. The van der Waals surface area contributed by atoms with Crippen LogP contribution in [0.5, 0.6) is 0 Å². The Morgan fingerprint density at radius 2 is 2.10 bits per heavy atom. The molecule has 0 aliphatic carbocycles. The maximum Gasteiger partial charge on any atom is 0.241 e. The van der Waals surface area contributed by atoms with E-state index >= 15 is 0 Å². The molecule has 0 radical (unpaired) electrons. The van der Waals surface area contributed by atoms with E-state index in [9.17, 15) is 8.42 Å². The average Bonchev–Trinajstić information content (AvgIpc) is 2.44. The van der Waals surface area contributed by atoms with Crippen LogP contribution in [0.3, 0.4) is 0 Å². The van der Waals surface area contributed by atoms with Gasteiger partial charge in [0.1, 0.15) is 0 Å². The summed E-state index contributed by atoms with van der Waals surface area (Å²) < 4.78 is 31.9. The summed E-state index contributed by atoms with van der Waals surface area (Å²) in [6, 6.07) is 6.52. The van der Waals surface area contributed by atoms with Crippen molar-refractivity contribution in [3.05, 3.63) is 29.8 Å². The summed E-state index contributed by atoms with van der Waals surface area (Å²) >= 11 is 0. The van der Waals surface area contributed by atoms with Gasteiger partial charge in [-0.2, -0.15) is 0 Å². The van der Waals surface area contributed by atoms with Gasteiger partial charge < -0.3 is 9.84 Å².